The van der Waals surface area contributed by atoms with E-state index in [1.54, 1.807) is 31.6 Å². The zero-order valence-electron chi connectivity index (χ0n) is 10.7. The largest absolute Gasteiger partial charge is 0.481 e. The molecule has 0 radical (unpaired) electrons. The lowest BCUT2D eigenvalue weighted by Gasteiger charge is -2.20. The molecule has 2 rings (SSSR count). The van der Waals surface area contributed by atoms with Gasteiger partial charge in [-0.3, -0.25) is 14.7 Å². The third-order valence-corrected chi connectivity index (χ3v) is 3.45. The van der Waals surface area contributed by atoms with E-state index in [2.05, 4.69) is 10.3 Å². The van der Waals surface area contributed by atoms with Gasteiger partial charge in [0.25, 0.3) is 0 Å². The smallest absolute Gasteiger partial charge is 0.321 e. The highest BCUT2D eigenvalue weighted by molar-refractivity contribution is 5.91. The minimum absolute atomic E-state index is 0.0623. The monoisotopic (exact) mass is 263 g/mol. The van der Waals surface area contributed by atoms with Crippen LogP contribution >= 0.6 is 0 Å². The number of hydrogen-bond donors (Lipinski definition) is 2. The molecule has 2 atom stereocenters. The predicted octanol–water partition coefficient (Wildman–Crippen LogP) is 1.48. The van der Waals surface area contributed by atoms with Crippen molar-refractivity contribution in [3.8, 4) is 0 Å². The van der Waals surface area contributed by atoms with Gasteiger partial charge >= 0.3 is 12.0 Å². The fourth-order valence-corrected chi connectivity index (χ4v) is 2.28. The Hall–Kier alpha value is -2.11. The van der Waals surface area contributed by atoms with Gasteiger partial charge in [-0.05, 0) is 31.4 Å². The minimum atomic E-state index is -0.780. The first-order valence-electron chi connectivity index (χ1n) is 6.25. The van der Waals surface area contributed by atoms with Crippen LogP contribution < -0.4 is 10.2 Å². The van der Waals surface area contributed by atoms with Gasteiger partial charge in [0, 0.05) is 19.3 Å². The topological polar surface area (TPSA) is 82.5 Å². The van der Waals surface area contributed by atoms with Crippen LogP contribution in [0.2, 0.25) is 0 Å². The molecule has 0 aliphatic heterocycles. The van der Waals surface area contributed by atoms with Crippen LogP contribution in [0.15, 0.2) is 24.5 Å². The highest BCUT2D eigenvalue weighted by Gasteiger charge is 2.31. The maximum Gasteiger partial charge on any atom is 0.321 e. The predicted molar refractivity (Wildman–Crippen MR) is 69.9 cm³/mol. The van der Waals surface area contributed by atoms with E-state index in [1.165, 1.54) is 4.90 Å². The molecule has 6 nitrogen and oxygen atoms in total. The van der Waals surface area contributed by atoms with Gasteiger partial charge in [-0.25, -0.2) is 4.79 Å². The summed E-state index contributed by atoms with van der Waals surface area (Å²) >= 11 is 0. The van der Waals surface area contributed by atoms with E-state index in [-0.39, 0.29) is 18.0 Å². The number of carbonyl (C=O) groups is 2. The van der Waals surface area contributed by atoms with Crippen LogP contribution in [-0.2, 0) is 4.79 Å². The molecule has 1 aliphatic carbocycles. The molecule has 102 valence electrons. The summed E-state index contributed by atoms with van der Waals surface area (Å²) in [5.74, 6) is -1.12. The van der Waals surface area contributed by atoms with Crippen LogP contribution in [0.4, 0.5) is 10.5 Å². The second-order valence-electron chi connectivity index (χ2n) is 4.76. The molecule has 1 fully saturated rings. The Kier molecular flexibility index (Phi) is 3.99. The van der Waals surface area contributed by atoms with E-state index < -0.39 is 5.97 Å². The van der Waals surface area contributed by atoms with E-state index in [4.69, 9.17) is 5.11 Å². The molecule has 0 aromatic carbocycles. The van der Waals surface area contributed by atoms with Crippen LogP contribution in [0.1, 0.15) is 19.3 Å². The quantitative estimate of drug-likeness (QED) is 0.865. The number of aliphatic carboxylic acids is 1. The number of urea groups is 1. The highest BCUT2D eigenvalue weighted by Crippen LogP contribution is 2.25. The molecular formula is C13H17N3O3. The first kappa shape index (κ1) is 13.3. The first-order chi connectivity index (χ1) is 9.08. The standard InChI is InChI=1S/C13H17N3O3/c1-16(11-3-2-6-14-8-11)13(19)15-10-5-4-9(7-10)12(17)18/h2-3,6,8-10H,4-5,7H2,1H3,(H,15,19)(H,17,18). The molecular weight excluding hydrogens is 246 g/mol. The summed E-state index contributed by atoms with van der Waals surface area (Å²) in [6.07, 6.45) is 5.08. The number of pyridine rings is 1. The van der Waals surface area contributed by atoms with Crippen molar-refractivity contribution in [2.24, 2.45) is 5.92 Å². The van der Waals surface area contributed by atoms with Crippen LogP contribution in [-0.4, -0.2) is 35.2 Å². The van der Waals surface area contributed by atoms with E-state index in [0.29, 0.717) is 24.9 Å². The average Bonchev–Trinajstić information content (AvgIpc) is 2.87. The Morgan fingerprint density at radius 1 is 1.47 bits per heavy atom. The molecule has 0 saturated heterocycles. The van der Waals surface area contributed by atoms with Gasteiger partial charge in [-0.2, -0.15) is 0 Å². The molecule has 6 heteroatoms. The number of nitrogens with zero attached hydrogens (tertiary/aromatic N) is 2. The van der Waals surface area contributed by atoms with Crippen LogP contribution in [0, 0.1) is 5.92 Å². The number of amides is 2. The SMILES string of the molecule is CN(C(=O)NC1CCC(C(=O)O)C1)c1cccnc1. The Labute approximate surface area is 111 Å². The van der Waals surface area contributed by atoms with Crippen LogP contribution in [0.5, 0.6) is 0 Å². The van der Waals surface area contributed by atoms with Crippen LogP contribution in [0.3, 0.4) is 0 Å². The lowest BCUT2D eigenvalue weighted by Crippen LogP contribution is -2.42. The second kappa shape index (κ2) is 5.69. The third kappa shape index (κ3) is 3.21. The average molecular weight is 263 g/mol. The number of nitrogens with one attached hydrogen (secondary N) is 1. The third-order valence-electron chi connectivity index (χ3n) is 3.45. The van der Waals surface area contributed by atoms with Crippen molar-refractivity contribution in [3.63, 3.8) is 0 Å². The molecule has 1 aromatic rings. The highest BCUT2D eigenvalue weighted by atomic mass is 16.4. The number of carboxylic acid groups (broad SMARTS) is 1. The zero-order chi connectivity index (χ0) is 13.8. The molecule has 2 N–H and O–H groups in total. The molecule has 2 amide bonds. The second-order valence-corrected chi connectivity index (χ2v) is 4.76. The van der Waals surface area contributed by atoms with Crippen molar-refractivity contribution >= 4 is 17.7 Å². The van der Waals surface area contributed by atoms with Gasteiger partial charge < -0.3 is 10.4 Å². The molecule has 1 aromatic heterocycles. The van der Waals surface area contributed by atoms with Crippen LogP contribution in [0.25, 0.3) is 0 Å². The Morgan fingerprint density at radius 3 is 2.84 bits per heavy atom. The summed E-state index contributed by atoms with van der Waals surface area (Å²) in [5.41, 5.74) is 0.702. The van der Waals surface area contributed by atoms with E-state index in [0.717, 1.165) is 0 Å². The fourth-order valence-electron chi connectivity index (χ4n) is 2.28. The summed E-state index contributed by atoms with van der Waals surface area (Å²) in [5, 5.41) is 11.8. The maximum atomic E-state index is 12.0. The van der Waals surface area contributed by atoms with Gasteiger partial charge in [0.15, 0.2) is 0 Å². The van der Waals surface area contributed by atoms with Crippen molar-refractivity contribution in [1.29, 1.82) is 0 Å². The Bertz CT molecular complexity index is 463. The normalized spacial score (nSPS) is 21.9. The summed E-state index contributed by atoms with van der Waals surface area (Å²) in [6, 6.07) is 3.26. The zero-order valence-corrected chi connectivity index (χ0v) is 10.7. The number of rotatable bonds is 3. The summed E-state index contributed by atoms with van der Waals surface area (Å²) in [7, 11) is 1.66. The maximum absolute atomic E-state index is 12.0. The lowest BCUT2D eigenvalue weighted by molar-refractivity contribution is -0.141. The van der Waals surface area contributed by atoms with Crippen molar-refractivity contribution < 1.29 is 14.7 Å². The van der Waals surface area contributed by atoms with E-state index >= 15 is 0 Å². The molecule has 0 bridgehead atoms. The Balaban J connectivity index is 1.90. The Morgan fingerprint density at radius 2 is 2.26 bits per heavy atom. The molecule has 0 spiro atoms. The summed E-state index contributed by atoms with van der Waals surface area (Å²) in [4.78, 5) is 28.3. The van der Waals surface area contributed by atoms with Gasteiger partial charge in [0.1, 0.15) is 0 Å². The van der Waals surface area contributed by atoms with Gasteiger partial charge in [-0.1, -0.05) is 0 Å². The van der Waals surface area contributed by atoms with Gasteiger partial charge in [0.2, 0.25) is 0 Å². The van der Waals surface area contributed by atoms with E-state index in [9.17, 15) is 9.59 Å². The van der Waals surface area contributed by atoms with E-state index in [1.807, 2.05) is 0 Å². The first-order valence-corrected chi connectivity index (χ1v) is 6.25. The molecule has 1 aliphatic rings. The van der Waals surface area contributed by atoms with Crippen molar-refractivity contribution in [2.75, 3.05) is 11.9 Å². The minimum Gasteiger partial charge on any atom is -0.481 e. The molecule has 2 unspecified atom stereocenters. The molecule has 19 heavy (non-hydrogen) atoms. The van der Waals surface area contributed by atoms with Crippen molar-refractivity contribution in [2.45, 2.75) is 25.3 Å². The van der Waals surface area contributed by atoms with Crippen molar-refractivity contribution in [3.05, 3.63) is 24.5 Å². The molecule has 1 heterocycles. The molecule has 1 saturated carbocycles. The number of hydrogen-bond acceptors (Lipinski definition) is 3. The lowest BCUT2D eigenvalue weighted by atomic mass is 10.1. The van der Waals surface area contributed by atoms with Gasteiger partial charge in [-0.15, -0.1) is 0 Å². The summed E-state index contributed by atoms with van der Waals surface area (Å²) < 4.78 is 0. The number of anilines is 1. The number of carboxylic acids is 1. The summed E-state index contributed by atoms with van der Waals surface area (Å²) in [6.45, 7) is 0. The van der Waals surface area contributed by atoms with Crippen molar-refractivity contribution in [1.82, 2.24) is 10.3 Å². The fraction of sp³-hybridized carbons (Fsp3) is 0.462. The number of carbonyl (C=O) groups excluding carboxylic acids is 1. The van der Waals surface area contributed by atoms with Gasteiger partial charge in [0.05, 0.1) is 17.8 Å². The number of aromatic nitrogens is 1.